The molecule has 5 rings (SSSR count). The maximum absolute atomic E-state index is 13.5. The number of nitrogens with zero attached hydrogens (tertiary/aromatic N) is 3. The average Bonchev–Trinajstić information content (AvgIpc) is 3.20. The average molecular weight is 414 g/mol. The summed E-state index contributed by atoms with van der Waals surface area (Å²) in [5.41, 5.74) is 4.63. The molecule has 5 nitrogen and oxygen atoms in total. The fourth-order valence-corrected chi connectivity index (χ4v) is 4.36. The zero-order valence-electron chi connectivity index (χ0n) is 17.1. The van der Waals surface area contributed by atoms with Crippen LogP contribution >= 0.6 is 0 Å². The smallest absolute Gasteiger partial charge is 0.270 e. The van der Waals surface area contributed by atoms with Crippen LogP contribution in [0.15, 0.2) is 67.0 Å². The van der Waals surface area contributed by atoms with Crippen LogP contribution in [0.2, 0.25) is 0 Å². The van der Waals surface area contributed by atoms with E-state index in [-0.39, 0.29) is 17.8 Å². The van der Waals surface area contributed by atoms with Crippen molar-refractivity contribution >= 4 is 11.4 Å². The molecule has 1 fully saturated rings. The molecule has 0 atom stereocenters. The predicted octanol–water partition coefficient (Wildman–Crippen LogP) is 5.26. The number of carbonyl (C=O) groups excluding carboxylic acids is 1. The maximum atomic E-state index is 13.5. The Balaban J connectivity index is 1.64. The summed E-state index contributed by atoms with van der Waals surface area (Å²) in [5, 5.41) is 8.00. The third-order valence-electron chi connectivity index (χ3n) is 5.92. The topological polar surface area (TPSA) is 59.3 Å². The van der Waals surface area contributed by atoms with Gasteiger partial charge in [-0.1, -0.05) is 25.3 Å². The first-order valence-corrected chi connectivity index (χ1v) is 10.7. The van der Waals surface area contributed by atoms with Gasteiger partial charge in [-0.3, -0.25) is 9.78 Å². The summed E-state index contributed by atoms with van der Waals surface area (Å²) in [7, 11) is 0. The van der Waals surface area contributed by atoms with Crippen LogP contribution in [0.25, 0.3) is 27.9 Å². The van der Waals surface area contributed by atoms with Crippen molar-refractivity contribution in [3.05, 3.63) is 78.5 Å². The van der Waals surface area contributed by atoms with Gasteiger partial charge in [-0.25, -0.2) is 8.91 Å². The van der Waals surface area contributed by atoms with Gasteiger partial charge in [0.05, 0.1) is 5.52 Å². The van der Waals surface area contributed by atoms with Crippen molar-refractivity contribution in [2.45, 2.75) is 38.1 Å². The number of hydrogen-bond acceptors (Lipinski definition) is 3. The zero-order valence-corrected chi connectivity index (χ0v) is 17.1. The van der Waals surface area contributed by atoms with E-state index in [0.717, 1.165) is 47.9 Å². The SMILES string of the molecule is O=C(NC1CCCCC1)c1cccc2c(-c3ccncc3)c(-c3ccc(F)cc3)nn12. The van der Waals surface area contributed by atoms with Gasteiger partial charge >= 0.3 is 0 Å². The lowest BCUT2D eigenvalue weighted by molar-refractivity contribution is 0.0920. The van der Waals surface area contributed by atoms with E-state index in [0.29, 0.717) is 11.4 Å². The standard InChI is InChI=1S/C25H23FN4O/c26-19-11-9-18(10-12-19)24-23(17-13-15-27-16-14-17)21-7-4-8-22(30(21)29-24)25(31)28-20-5-2-1-3-6-20/h4,7-16,20H,1-3,5-6H2,(H,28,31). The Morgan fingerprint density at radius 3 is 2.42 bits per heavy atom. The Morgan fingerprint density at radius 2 is 1.68 bits per heavy atom. The summed E-state index contributed by atoms with van der Waals surface area (Å²) in [6.45, 7) is 0. The number of amides is 1. The van der Waals surface area contributed by atoms with Crippen LogP contribution in [0, 0.1) is 5.82 Å². The first-order valence-electron chi connectivity index (χ1n) is 10.7. The van der Waals surface area contributed by atoms with Crippen LogP contribution in [0.5, 0.6) is 0 Å². The van der Waals surface area contributed by atoms with Gasteiger partial charge in [0.25, 0.3) is 5.91 Å². The molecule has 1 aromatic carbocycles. The van der Waals surface area contributed by atoms with E-state index in [9.17, 15) is 9.18 Å². The molecule has 3 heterocycles. The quantitative estimate of drug-likeness (QED) is 0.495. The molecule has 1 saturated carbocycles. The summed E-state index contributed by atoms with van der Waals surface area (Å²) in [6.07, 6.45) is 9.03. The molecule has 0 saturated heterocycles. The first kappa shape index (κ1) is 19.4. The summed E-state index contributed by atoms with van der Waals surface area (Å²) < 4.78 is 15.2. The van der Waals surface area contributed by atoms with Gasteiger partial charge < -0.3 is 5.32 Å². The van der Waals surface area contributed by atoms with Crippen LogP contribution in [-0.4, -0.2) is 26.5 Å². The van der Waals surface area contributed by atoms with E-state index in [1.807, 2.05) is 24.3 Å². The Hall–Kier alpha value is -3.54. The van der Waals surface area contributed by atoms with Crippen LogP contribution in [0.3, 0.4) is 0 Å². The lowest BCUT2D eigenvalue weighted by Crippen LogP contribution is -2.37. The van der Waals surface area contributed by atoms with E-state index in [2.05, 4.69) is 10.3 Å². The molecule has 0 spiro atoms. The highest BCUT2D eigenvalue weighted by atomic mass is 19.1. The molecule has 1 aliphatic carbocycles. The third-order valence-corrected chi connectivity index (χ3v) is 5.92. The van der Waals surface area contributed by atoms with Crippen molar-refractivity contribution < 1.29 is 9.18 Å². The van der Waals surface area contributed by atoms with E-state index in [1.165, 1.54) is 18.6 Å². The molecule has 0 bridgehead atoms. The summed E-state index contributed by atoms with van der Waals surface area (Å²) in [6, 6.07) is 15.9. The lowest BCUT2D eigenvalue weighted by Gasteiger charge is -2.22. The van der Waals surface area contributed by atoms with Crippen molar-refractivity contribution in [3.8, 4) is 22.4 Å². The number of carbonyl (C=O) groups is 1. The summed E-state index contributed by atoms with van der Waals surface area (Å²) >= 11 is 0. The molecule has 31 heavy (non-hydrogen) atoms. The number of aromatic nitrogens is 3. The molecule has 1 amide bonds. The number of nitrogens with one attached hydrogen (secondary N) is 1. The molecular formula is C25H23FN4O. The monoisotopic (exact) mass is 414 g/mol. The van der Waals surface area contributed by atoms with Crippen molar-refractivity contribution in [2.24, 2.45) is 0 Å². The molecule has 0 aliphatic heterocycles. The third kappa shape index (κ3) is 3.81. The number of hydrogen-bond donors (Lipinski definition) is 1. The number of halogens is 1. The second-order valence-electron chi connectivity index (χ2n) is 7.98. The predicted molar refractivity (Wildman–Crippen MR) is 118 cm³/mol. The van der Waals surface area contributed by atoms with Crippen molar-refractivity contribution in [1.29, 1.82) is 0 Å². The number of rotatable bonds is 4. The summed E-state index contributed by atoms with van der Waals surface area (Å²) in [4.78, 5) is 17.3. The second kappa shape index (κ2) is 8.30. The fourth-order valence-electron chi connectivity index (χ4n) is 4.36. The number of benzene rings is 1. The van der Waals surface area contributed by atoms with Gasteiger partial charge in [0, 0.05) is 29.6 Å². The van der Waals surface area contributed by atoms with Crippen LogP contribution < -0.4 is 5.32 Å². The summed E-state index contributed by atoms with van der Waals surface area (Å²) in [5.74, 6) is -0.419. The molecule has 1 N–H and O–H groups in total. The lowest BCUT2D eigenvalue weighted by atomic mass is 9.95. The van der Waals surface area contributed by atoms with Crippen LogP contribution in [0.1, 0.15) is 42.6 Å². The van der Waals surface area contributed by atoms with Gasteiger partial charge in [-0.15, -0.1) is 0 Å². The Labute approximate surface area is 179 Å². The number of fused-ring (bicyclic) bond motifs is 1. The normalized spacial score (nSPS) is 14.6. The fraction of sp³-hybridized carbons (Fsp3) is 0.240. The maximum Gasteiger partial charge on any atom is 0.270 e. The molecule has 1 aliphatic rings. The van der Waals surface area contributed by atoms with E-state index < -0.39 is 0 Å². The van der Waals surface area contributed by atoms with Crippen molar-refractivity contribution in [1.82, 2.24) is 19.9 Å². The molecular weight excluding hydrogens is 391 g/mol. The molecule has 0 unspecified atom stereocenters. The van der Waals surface area contributed by atoms with E-state index in [4.69, 9.17) is 5.10 Å². The second-order valence-corrected chi connectivity index (χ2v) is 7.98. The van der Waals surface area contributed by atoms with Crippen molar-refractivity contribution in [2.75, 3.05) is 0 Å². The van der Waals surface area contributed by atoms with Gasteiger partial charge in [-0.05, 0) is 66.9 Å². The minimum atomic E-state index is -0.300. The number of pyridine rings is 2. The van der Waals surface area contributed by atoms with Gasteiger partial charge in [0.1, 0.15) is 17.2 Å². The van der Waals surface area contributed by atoms with E-state index in [1.54, 1.807) is 35.1 Å². The first-order chi connectivity index (χ1) is 15.2. The molecule has 3 aromatic heterocycles. The minimum Gasteiger partial charge on any atom is -0.348 e. The van der Waals surface area contributed by atoms with Crippen LogP contribution in [-0.2, 0) is 0 Å². The highest BCUT2D eigenvalue weighted by molar-refractivity contribution is 5.97. The Kier molecular flexibility index (Phi) is 5.20. The van der Waals surface area contributed by atoms with Gasteiger partial charge in [0.2, 0.25) is 0 Å². The molecule has 0 radical (unpaired) electrons. The largest absolute Gasteiger partial charge is 0.348 e. The van der Waals surface area contributed by atoms with Gasteiger partial charge in [-0.2, -0.15) is 5.10 Å². The van der Waals surface area contributed by atoms with E-state index >= 15 is 0 Å². The Morgan fingerprint density at radius 1 is 0.935 bits per heavy atom. The molecule has 156 valence electrons. The molecule has 6 heteroatoms. The molecule has 4 aromatic rings. The van der Waals surface area contributed by atoms with Crippen molar-refractivity contribution in [3.63, 3.8) is 0 Å². The minimum absolute atomic E-state index is 0.119. The highest BCUT2D eigenvalue weighted by Gasteiger charge is 2.22. The van der Waals surface area contributed by atoms with Gasteiger partial charge in [0.15, 0.2) is 0 Å². The van der Waals surface area contributed by atoms with Crippen LogP contribution in [0.4, 0.5) is 4.39 Å². The highest BCUT2D eigenvalue weighted by Crippen LogP contribution is 2.35. The Bertz CT molecular complexity index is 1210. The zero-order chi connectivity index (χ0) is 21.2.